The molecule has 0 saturated heterocycles. The summed E-state index contributed by atoms with van der Waals surface area (Å²) in [5, 5.41) is 0. The predicted octanol–water partition coefficient (Wildman–Crippen LogP) is 0.819. The molecule has 70 valence electrons. The second-order valence-electron chi connectivity index (χ2n) is 3.72. The maximum Gasteiger partial charge on any atom is 0.0452 e. The Morgan fingerprint density at radius 3 is 2.38 bits per heavy atom. The third-order valence-corrected chi connectivity index (χ3v) is 2.67. The van der Waals surface area contributed by atoms with Gasteiger partial charge in [-0.1, -0.05) is 0 Å². The molecule has 1 heterocycles. The summed E-state index contributed by atoms with van der Waals surface area (Å²) >= 11 is 0. The number of nitrogens with zero attached hydrogens (tertiary/aromatic N) is 1. The lowest BCUT2D eigenvalue weighted by atomic mass is 9.98. The van der Waals surface area contributed by atoms with Gasteiger partial charge in [0.15, 0.2) is 0 Å². The summed E-state index contributed by atoms with van der Waals surface area (Å²) in [7, 11) is 0. The minimum absolute atomic E-state index is 0.0319. The molecule has 1 aliphatic rings. The fourth-order valence-corrected chi connectivity index (χ4v) is 1.58. The molecule has 0 spiro atoms. The average molecular weight is 177 g/mol. The highest BCUT2D eigenvalue weighted by molar-refractivity contribution is 5.17. The second kappa shape index (κ2) is 3.44. The molecule has 13 heavy (non-hydrogen) atoms. The minimum Gasteiger partial charge on any atom is -0.326 e. The molecule has 0 aliphatic heterocycles. The Labute approximate surface area is 78.1 Å². The van der Waals surface area contributed by atoms with E-state index < -0.39 is 0 Å². The van der Waals surface area contributed by atoms with Crippen molar-refractivity contribution in [1.29, 1.82) is 0 Å². The normalized spacial score (nSPS) is 21.1. The van der Waals surface area contributed by atoms with E-state index in [0.717, 1.165) is 5.56 Å². The van der Waals surface area contributed by atoms with Gasteiger partial charge in [0.2, 0.25) is 0 Å². The van der Waals surface area contributed by atoms with Gasteiger partial charge in [0.25, 0.3) is 0 Å². The van der Waals surface area contributed by atoms with Crippen LogP contribution in [0.15, 0.2) is 24.5 Å². The van der Waals surface area contributed by atoms with E-state index in [1.54, 1.807) is 12.4 Å². The van der Waals surface area contributed by atoms with E-state index in [9.17, 15) is 0 Å². The van der Waals surface area contributed by atoms with E-state index in [4.69, 9.17) is 11.5 Å². The molecular weight excluding hydrogens is 162 g/mol. The zero-order valence-corrected chi connectivity index (χ0v) is 7.56. The van der Waals surface area contributed by atoms with Crippen LogP contribution >= 0.6 is 0 Å². The van der Waals surface area contributed by atoms with Crippen LogP contribution < -0.4 is 11.5 Å². The fraction of sp³-hybridized carbons (Fsp3) is 0.500. The Kier molecular flexibility index (Phi) is 2.29. The highest BCUT2D eigenvalue weighted by atomic mass is 14.8. The largest absolute Gasteiger partial charge is 0.326 e. The van der Waals surface area contributed by atoms with E-state index in [0.29, 0.717) is 5.92 Å². The number of pyridine rings is 1. The van der Waals surface area contributed by atoms with Crippen molar-refractivity contribution in [3.63, 3.8) is 0 Å². The second-order valence-corrected chi connectivity index (χ2v) is 3.72. The number of aromatic nitrogens is 1. The van der Waals surface area contributed by atoms with Crippen molar-refractivity contribution in [3.05, 3.63) is 30.1 Å². The van der Waals surface area contributed by atoms with Crippen molar-refractivity contribution in [2.24, 2.45) is 17.4 Å². The topological polar surface area (TPSA) is 64.9 Å². The van der Waals surface area contributed by atoms with E-state index in [1.807, 2.05) is 12.1 Å². The molecule has 0 bridgehead atoms. The van der Waals surface area contributed by atoms with Gasteiger partial charge in [-0.3, -0.25) is 4.98 Å². The lowest BCUT2D eigenvalue weighted by molar-refractivity contribution is 0.493. The maximum absolute atomic E-state index is 6.03. The minimum atomic E-state index is -0.0319. The molecule has 0 radical (unpaired) electrons. The summed E-state index contributed by atoms with van der Waals surface area (Å²) in [6.07, 6.45) is 5.99. The van der Waals surface area contributed by atoms with Gasteiger partial charge < -0.3 is 11.5 Å². The van der Waals surface area contributed by atoms with Gasteiger partial charge in [0.05, 0.1) is 0 Å². The lowest BCUT2D eigenvalue weighted by Crippen LogP contribution is -2.35. The average Bonchev–Trinajstić information content (AvgIpc) is 3.00. The summed E-state index contributed by atoms with van der Waals surface area (Å²) in [5.41, 5.74) is 13.1. The van der Waals surface area contributed by atoms with Crippen LogP contribution in [0.3, 0.4) is 0 Å². The molecule has 1 aromatic rings. The molecule has 2 atom stereocenters. The third-order valence-electron chi connectivity index (χ3n) is 2.67. The first kappa shape index (κ1) is 8.66. The Balaban J connectivity index is 2.07. The van der Waals surface area contributed by atoms with Gasteiger partial charge in [-0.05, 0) is 36.5 Å². The van der Waals surface area contributed by atoms with Gasteiger partial charge in [-0.2, -0.15) is 0 Å². The van der Waals surface area contributed by atoms with Crippen LogP contribution in [0.1, 0.15) is 24.4 Å². The van der Waals surface area contributed by atoms with Gasteiger partial charge in [-0.25, -0.2) is 0 Å². The first-order chi connectivity index (χ1) is 6.29. The van der Waals surface area contributed by atoms with Crippen molar-refractivity contribution in [2.75, 3.05) is 0 Å². The van der Waals surface area contributed by atoms with E-state index in [2.05, 4.69) is 4.98 Å². The molecule has 2 unspecified atom stereocenters. The van der Waals surface area contributed by atoms with Gasteiger partial charge in [-0.15, -0.1) is 0 Å². The summed E-state index contributed by atoms with van der Waals surface area (Å²) in [6.45, 7) is 0. The number of rotatable bonds is 3. The van der Waals surface area contributed by atoms with Gasteiger partial charge in [0, 0.05) is 24.5 Å². The first-order valence-corrected chi connectivity index (χ1v) is 4.70. The van der Waals surface area contributed by atoms with Crippen LogP contribution in [-0.2, 0) is 0 Å². The zero-order chi connectivity index (χ0) is 9.26. The Morgan fingerprint density at radius 2 is 1.85 bits per heavy atom. The van der Waals surface area contributed by atoms with Gasteiger partial charge in [0.1, 0.15) is 0 Å². The highest BCUT2D eigenvalue weighted by Crippen LogP contribution is 2.35. The number of nitrogens with two attached hydrogens (primary N) is 2. The van der Waals surface area contributed by atoms with Crippen LogP contribution in [0.25, 0.3) is 0 Å². The molecule has 1 aromatic heterocycles. The molecule has 3 nitrogen and oxygen atoms in total. The van der Waals surface area contributed by atoms with Crippen molar-refractivity contribution in [2.45, 2.75) is 24.9 Å². The zero-order valence-electron chi connectivity index (χ0n) is 7.56. The summed E-state index contributed by atoms with van der Waals surface area (Å²) in [5.74, 6) is 0.642. The quantitative estimate of drug-likeness (QED) is 0.718. The maximum atomic E-state index is 6.03. The number of hydrogen-bond acceptors (Lipinski definition) is 3. The Bertz CT molecular complexity index is 269. The molecular formula is C10H15N3. The third kappa shape index (κ3) is 1.87. The molecule has 1 aliphatic carbocycles. The van der Waals surface area contributed by atoms with Crippen molar-refractivity contribution >= 4 is 0 Å². The molecule has 2 rings (SSSR count). The number of hydrogen-bond donors (Lipinski definition) is 2. The van der Waals surface area contributed by atoms with E-state index in [-0.39, 0.29) is 12.1 Å². The monoisotopic (exact) mass is 177 g/mol. The van der Waals surface area contributed by atoms with Crippen LogP contribution in [-0.4, -0.2) is 11.0 Å². The molecule has 1 fully saturated rings. The van der Waals surface area contributed by atoms with Crippen LogP contribution in [0.4, 0.5) is 0 Å². The lowest BCUT2D eigenvalue weighted by Gasteiger charge is -2.19. The van der Waals surface area contributed by atoms with Crippen molar-refractivity contribution in [1.82, 2.24) is 4.98 Å². The van der Waals surface area contributed by atoms with Gasteiger partial charge >= 0.3 is 0 Å². The summed E-state index contributed by atoms with van der Waals surface area (Å²) in [4.78, 5) is 3.95. The Hall–Kier alpha value is -0.930. The molecule has 0 aromatic carbocycles. The SMILES string of the molecule is NC(c1ccncc1)C(N)C1CC1. The van der Waals surface area contributed by atoms with Crippen LogP contribution in [0.5, 0.6) is 0 Å². The fourth-order valence-electron chi connectivity index (χ4n) is 1.58. The first-order valence-electron chi connectivity index (χ1n) is 4.70. The predicted molar refractivity (Wildman–Crippen MR) is 51.9 cm³/mol. The summed E-state index contributed by atoms with van der Waals surface area (Å²) < 4.78 is 0. The van der Waals surface area contributed by atoms with E-state index in [1.165, 1.54) is 12.8 Å². The van der Waals surface area contributed by atoms with Crippen molar-refractivity contribution < 1.29 is 0 Å². The standard InChI is InChI=1S/C10H15N3/c11-9(7-1-2-7)10(12)8-3-5-13-6-4-8/h3-7,9-10H,1-2,11-12H2. The van der Waals surface area contributed by atoms with Crippen LogP contribution in [0.2, 0.25) is 0 Å². The molecule has 4 N–H and O–H groups in total. The molecule has 0 amide bonds. The van der Waals surface area contributed by atoms with Crippen molar-refractivity contribution in [3.8, 4) is 0 Å². The van der Waals surface area contributed by atoms with Crippen LogP contribution in [0, 0.1) is 5.92 Å². The molecule has 3 heteroatoms. The summed E-state index contributed by atoms with van der Waals surface area (Å²) in [6, 6.07) is 3.96. The molecule has 1 saturated carbocycles. The Morgan fingerprint density at radius 1 is 1.23 bits per heavy atom. The van der Waals surface area contributed by atoms with E-state index >= 15 is 0 Å². The smallest absolute Gasteiger partial charge is 0.0452 e. The highest BCUT2D eigenvalue weighted by Gasteiger charge is 2.32.